The predicted octanol–water partition coefficient (Wildman–Crippen LogP) is 0.684. The number of ether oxygens (including phenoxy) is 2. The monoisotopic (exact) mass is 296 g/mol. The number of morpholine rings is 1. The molecule has 3 heterocycles. The van der Waals surface area contributed by atoms with E-state index < -0.39 is 0 Å². The fraction of sp³-hybridized carbons (Fsp3) is 0.857. The average molecular weight is 296 g/mol. The molecule has 1 aromatic heterocycles. The molecule has 0 bridgehead atoms. The van der Waals surface area contributed by atoms with Gasteiger partial charge in [-0.05, 0) is 19.4 Å². The molecule has 21 heavy (non-hydrogen) atoms. The third-order valence-electron chi connectivity index (χ3n) is 4.16. The number of aromatic nitrogens is 2. The van der Waals surface area contributed by atoms with Crippen LogP contribution in [-0.2, 0) is 9.47 Å². The predicted molar refractivity (Wildman–Crippen MR) is 75.9 cm³/mol. The highest BCUT2D eigenvalue weighted by Crippen LogP contribution is 2.26. The maximum Gasteiger partial charge on any atom is 0.233 e. The summed E-state index contributed by atoms with van der Waals surface area (Å²) in [5.74, 6) is 1.20. The molecular formula is C14H24N4O3. The smallest absolute Gasteiger partial charge is 0.233 e. The Balaban J connectivity index is 1.66. The molecule has 2 N–H and O–H groups in total. The van der Waals surface area contributed by atoms with Gasteiger partial charge in [-0.15, -0.1) is 0 Å². The number of rotatable bonds is 4. The minimum Gasteiger partial charge on any atom is -0.381 e. The van der Waals surface area contributed by atoms with Gasteiger partial charge in [-0.25, -0.2) is 0 Å². The summed E-state index contributed by atoms with van der Waals surface area (Å²) in [6, 6.07) is 0.0240. The van der Waals surface area contributed by atoms with E-state index >= 15 is 0 Å². The molecule has 3 unspecified atom stereocenters. The van der Waals surface area contributed by atoms with Crippen molar-refractivity contribution in [3.63, 3.8) is 0 Å². The van der Waals surface area contributed by atoms with E-state index in [1.165, 1.54) is 0 Å². The molecule has 3 rings (SSSR count). The molecule has 7 heteroatoms. The van der Waals surface area contributed by atoms with Gasteiger partial charge in [0, 0.05) is 25.7 Å². The molecule has 2 aliphatic heterocycles. The molecule has 0 amide bonds. The van der Waals surface area contributed by atoms with E-state index in [0.29, 0.717) is 31.5 Å². The standard InChI is InChI=1S/C14H24N4O3/c1-2-4-18-5-7-20-12(8-18)13-16-14(21-17-13)10-9-19-6-3-11(10)15/h10-12H,2-9,15H2,1H3. The quantitative estimate of drug-likeness (QED) is 0.874. The van der Waals surface area contributed by atoms with Crippen LogP contribution in [-0.4, -0.2) is 60.5 Å². The number of nitrogens with two attached hydrogens (primary N) is 1. The summed E-state index contributed by atoms with van der Waals surface area (Å²) in [6.45, 7) is 7.01. The molecule has 0 spiro atoms. The van der Waals surface area contributed by atoms with Crippen LogP contribution in [0.3, 0.4) is 0 Å². The van der Waals surface area contributed by atoms with E-state index in [4.69, 9.17) is 19.7 Å². The van der Waals surface area contributed by atoms with Crippen LogP contribution in [0.15, 0.2) is 4.52 Å². The minimum absolute atomic E-state index is 0.00432. The molecular weight excluding hydrogens is 272 g/mol. The Labute approximate surface area is 124 Å². The molecule has 0 radical (unpaired) electrons. The van der Waals surface area contributed by atoms with E-state index in [1.807, 2.05) is 0 Å². The first kappa shape index (κ1) is 14.9. The van der Waals surface area contributed by atoms with Crippen molar-refractivity contribution in [2.45, 2.75) is 37.8 Å². The second kappa shape index (κ2) is 6.83. The van der Waals surface area contributed by atoms with Crippen molar-refractivity contribution >= 4 is 0 Å². The molecule has 3 atom stereocenters. The van der Waals surface area contributed by atoms with Crippen LogP contribution in [0.2, 0.25) is 0 Å². The van der Waals surface area contributed by atoms with Crippen molar-refractivity contribution in [1.82, 2.24) is 15.0 Å². The van der Waals surface area contributed by atoms with Gasteiger partial charge in [-0.3, -0.25) is 4.90 Å². The molecule has 2 aliphatic rings. The van der Waals surface area contributed by atoms with Crippen LogP contribution in [0.4, 0.5) is 0 Å². The number of hydrogen-bond donors (Lipinski definition) is 1. The van der Waals surface area contributed by atoms with Crippen molar-refractivity contribution in [2.75, 3.05) is 39.5 Å². The molecule has 0 saturated carbocycles. The first-order chi connectivity index (χ1) is 10.3. The van der Waals surface area contributed by atoms with Crippen LogP contribution >= 0.6 is 0 Å². The van der Waals surface area contributed by atoms with E-state index in [-0.39, 0.29) is 18.1 Å². The Morgan fingerprint density at radius 2 is 2.29 bits per heavy atom. The molecule has 118 valence electrons. The highest BCUT2D eigenvalue weighted by Gasteiger charge is 2.31. The Hall–Kier alpha value is -1.02. The lowest BCUT2D eigenvalue weighted by molar-refractivity contribution is -0.0350. The fourth-order valence-electron chi connectivity index (χ4n) is 2.92. The van der Waals surface area contributed by atoms with Crippen LogP contribution < -0.4 is 5.73 Å². The van der Waals surface area contributed by atoms with Crippen LogP contribution in [0.1, 0.15) is 43.5 Å². The van der Waals surface area contributed by atoms with Crippen molar-refractivity contribution < 1.29 is 14.0 Å². The van der Waals surface area contributed by atoms with Gasteiger partial charge in [-0.1, -0.05) is 12.1 Å². The summed E-state index contributed by atoms with van der Waals surface area (Å²) < 4.78 is 16.6. The lowest BCUT2D eigenvalue weighted by atomic mass is 9.97. The minimum atomic E-state index is -0.108. The van der Waals surface area contributed by atoms with Gasteiger partial charge in [0.1, 0.15) is 6.10 Å². The third-order valence-corrected chi connectivity index (χ3v) is 4.16. The molecule has 0 aliphatic carbocycles. The number of hydrogen-bond acceptors (Lipinski definition) is 7. The fourth-order valence-corrected chi connectivity index (χ4v) is 2.92. The van der Waals surface area contributed by atoms with Crippen molar-refractivity contribution in [1.29, 1.82) is 0 Å². The normalized spacial score (nSPS) is 31.4. The molecule has 7 nitrogen and oxygen atoms in total. The largest absolute Gasteiger partial charge is 0.381 e. The Kier molecular flexibility index (Phi) is 4.84. The Morgan fingerprint density at radius 1 is 1.38 bits per heavy atom. The van der Waals surface area contributed by atoms with Gasteiger partial charge in [0.2, 0.25) is 11.7 Å². The second-order valence-corrected chi connectivity index (χ2v) is 5.78. The lowest BCUT2D eigenvalue weighted by Gasteiger charge is -2.31. The lowest BCUT2D eigenvalue weighted by Crippen LogP contribution is -2.39. The summed E-state index contributed by atoms with van der Waals surface area (Å²) in [7, 11) is 0. The van der Waals surface area contributed by atoms with E-state index in [1.54, 1.807) is 0 Å². The summed E-state index contributed by atoms with van der Waals surface area (Å²) in [6.07, 6.45) is 1.86. The molecule has 0 aromatic carbocycles. The first-order valence-electron chi connectivity index (χ1n) is 7.78. The Morgan fingerprint density at radius 3 is 3.10 bits per heavy atom. The highest BCUT2D eigenvalue weighted by atomic mass is 16.5. The maximum absolute atomic E-state index is 6.11. The zero-order valence-corrected chi connectivity index (χ0v) is 12.5. The second-order valence-electron chi connectivity index (χ2n) is 5.78. The van der Waals surface area contributed by atoms with E-state index in [9.17, 15) is 0 Å². The summed E-state index contributed by atoms with van der Waals surface area (Å²) in [5, 5.41) is 4.10. The van der Waals surface area contributed by atoms with Gasteiger partial charge in [0.15, 0.2) is 0 Å². The Bertz CT molecular complexity index is 451. The zero-order chi connectivity index (χ0) is 14.7. The molecule has 2 fully saturated rings. The topological polar surface area (TPSA) is 86.6 Å². The van der Waals surface area contributed by atoms with Gasteiger partial charge in [0.25, 0.3) is 0 Å². The third kappa shape index (κ3) is 3.42. The molecule has 1 aromatic rings. The van der Waals surface area contributed by atoms with Gasteiger partial charge in [-0.2, -0.15) is 4.98 Å². The van der Waals surface area contributed by atoms with Gasteiger partial charge >= 0.3 is 0 Å². The zero-order valence-electron chi connectivity index (χ0n) is 12.5. The summed E-state index contributed by atoms with van der Waals surface area (Å²) >= 11 is 0. The maximum atomic E-state index is 6.11. The SMILES string of the molecule is CCCN1CCOC(c2noc(C3COCCC3N)n2)C1. The van der Waals surface area contributed by atoms with Crippen molar-refractivity contribution in [3.8, 4) is 0 Å². The number of nitrogens with zero attached hydrogens (tertiary/aromatic N) is 3. The highest BCUT2D eigenvalue weighted by molar-refractivity contribution is 5.02. The van der Waals surface area contributed by atoms with Crippen LogP contribution in [0.25, 0.3) is 0 Å². The van der Waals surface area contributed by atoms with Gasteiger partial charge in [0.05, 0.1) is 19.1 Å². The van der Waals surface area contributed by atoms with Crippen molar-refractivity contribution in [2.24, 2.45) is 5.73 Å². The van der Waals surface area contributed by atoms with E-state index in [2.05, 4.69) is 22.0 Å². The molecule has 2 saturated heterocycles. The average Bonchev–Trinajstić information content (AvgIpc) is 2.98. The summed E-state index contributed by atoms with van der Waals surface area (Å²) in [4.78, 5) is 6.89. The van der Waals surface area contributed by atoms with Crippen molar-refractivity contribution in [3.05, 3.63) is 11.7 Å². The van der Waals surface area contributed by atoms with Crippen LogP contribution in [0, 0.1) is 0 Å². The summed E-state index contributed by atoms with van der Waals surface area (Å²) in [5.41, 5.74) is 6.11. The van der Waals surface area contributed by atoms with Crippen LogP contribution in [0.5, 0.6) is 0 Å². The van der Waals surface area contributed by atoms with E-state index in [0.717, 1.165) is 32.5 Å². The first-order valence-corrected chi connectivity index (χ1v) is 7.78. The van der Waals surface area contributed by atoms with Gasteiger partial charge < -0.3 is 19.7 Å².